The Morgan fingerprint density at radius 3 is 2.04 bits per heavy atom. The molecule has 1 saturated heterocycles. The fourth-order valence-corrected chi connectivity index (χ4v) is 3.38. The number of amides is 1. The van der Waals surface area contributed by atoms with Gasteiger partial charge in [0.2, 0.25) is 0 Å². The molecule has 1 amide bonds. The molecule has 1 aliphatic heterocycles. The molecule has 0 spiro atoms. The van der Waals surface area contributed by atoms with Gasteiger partial charge in [-0.3, -0.25) is 9.69 Å². The molecule has 6 nitrogen and oxygen atoms in total. The summed E-state index contributed by atoms with van der Waals surface area (Å²) in [6.45, 7) is 14.6. The summed E-state index contributed by atoms with van der Waals surface area (Å²) in [6.07, 6.45) is 0.131. The van der Waals surface area contributed by atoms with Gasteiger partial charge in [0, 0.05) is 31.2 Å². The Morgan fingerprint density at radius 2 is 1.65 bits per heavy atom. The molecule has 1 N–H and O–H groups in total. The lowest BCUT2D eigenvalue weighted by Crippen LogP contribution is -2.57. The van der Waals surface area contributed by atoms with Crippen LogP contribution in [-0.2, 0) is 9.53 Å². The Kier molecular flexibility index (Phi) is 6.45. The highest BCUT2D eigenvalue weighted by atomic mass is 16.6. The van der Waals surface area contributed by atoms with E-state index in [0.29, 0.717) is 13.0 Å². The number of carboxylic acids is 1. The second-order valence-corrected chi connectivity index (χ2v) is 7.94. The van der Waals surface area contributed by atoms with Crippen LogP contribution in [0.3, 0.4) is 0 Å². The van der Waals surface area contributed by atoms with Crippen LogP contribution in [0.1, 0.15) is 54.9 Å². The molecule has 1 fully saturated rings. The minimum atomic E-state index is -0.851. The first kappa shape index (κ1) is 19.7. The van der Waals surface area contributed by atoms with Gasteiger partial charge >= 0.3 is 12.1 Å². The van der Waals surface area contributed by atoms with E-state index in [1.807, 2.05) is 20.8 Å². The molecule has 23 heavy (non-hydrogen) atoms. The third-order valence-corrected chi connectivity index (χ3v) is 4.04. The van der Waals surface area contributed by atoms with E-state index >= 15 is 0 Å². The standard InChI is InChI=1S/C17H32N2O4/c1-11(2)19(12(3)4)14-8-13(15(20)21)9-18(10-14)16(22)23-17(5,6)7/h11-14H,8-10H2,1-7H3,(H,20,21)/t13-,14+/m0/s1. The Bertz CT molecular complexity index is 421. The largest absolute Gasteiger partial charge is 0.481 e. The first-order valence-electron chi connectivity index (χ1n) is 8.40. The van der Waals surface area contributed by atoms with Crippen molar-refractivity contribution >= 4 is 12.1 Å². The quantitative estimate of drug-likeness (QED) is 0.859. The van der Waals surface area contributed by atoms with Crippen LogP contribution in [0, 0.1) is 5.92 Å². The minimum absolute atomic E-state index is 0.0253. The van der Waals surface area contributed by atoms with Gasteiger partial charge in [0.25, 0.3) is 0 Å². The molecule has 1 heterocycles. The van der Waals surface area contributed by atoms with Crippen molar-refractivity contribution in [3.63, 3.8) is 0 Å². The van der Waals surface area contributed by atoms with Crippen LogP contribution < -0.4 is 0 Å². The second-order valence-electron chi connectivity index (χ2n) is 7.94. The molecule has 0 aromatic rings. The second kappa shape index (κ2) is 7.51. The van der Waals surface area contributed by atoms with E-state index < -0.39 is 23.6 Å². The number of hydrogen-bond donors (Lipinski definition) is 1. The summed E-state index contributed by atoms with van der Waals surface area (Å²) < 4.78 is 5.43. The normalized spacial score (nSPS) is 22.8. The zero-order valence-electron chi connectivity index (χ0n) is 15.5. The maximum Gasteiger partial charge on any atom is 0.410 e. The van der Waals surface area contributed by atoms with Crippen LogP contribution in [0.25, 0.3) is 0 Å². The van der Waals surface area contributed by atoms with Gasteiger partial charge in [-0.25, -0.2) is 4.79 Å². The van der Waals surface area contributed by atoms with Crippen LogP contribution in [0.2, 0.25) is 0 Å². The number of carboxylic acid groups (broad SMARTS) is 1. The van der Waals surface area contributed by atoms with E-state index in [-0.39, 0.29) is 24.7 Å². The maximum atomic E-state index is 12.4. The molecule has 6 heteroatoms. The Balaban J connectivity index is 2.96. The Hall–Kier alpha value is -1.30. The molecular formula is C17H32N2O4. The summed E-state index contributed by atoms with van der Waals surface area (Å²) in [4.78, 5) is 27.7. The van der Waals surface area contributed by atoms with Crippen molar-refractivity contribution in [3.8, 4) is 0 Å². The maximum absolute atomic E-state index is 12.4. The fraction of sp³-hybridized carbons (Fsp3) is 0.882. The van der Waals surface area contributed by atoms with Gasteiger partial charge in [-0.1, -0.05) is 0 Å². The van der Waals surface area contributed by atoms with Crippen molar-refractivity contribution in [2.45, 2.75) is 78.6 Å². The van der Waals surface area contributed by atoms with Gasteiger partial charge in [-0.2, -0.15) is 0 Å². The predicted octanol–water partition coefficient (Wildman–Crippen LogP) is 2.82. The molecule has 0 aromatic carbocycles. The average Bonchev–Trinajstić information content (AvgIpc) is 2.35. The lowest BCUT2D eigenvalue weighted by Gasteiger charge is -2.45. The molecule has 0 aromatic heterocycles. The molecule has 0 unspecified atom stereocenters. The van der Waals surface area contributed by atoms with Gasteiger partial charge in [0.15, 0.2) is 0 Å². The zero-order valence-corrected chi connectivity index (χ0v) is 15.5. The van der Waals surface area contributed by atoms with Gasteiger partial charge in [-0.15, -0.1) is 0 Å². The zero-order chi connectivity index (χ0) is 17.9. The molecule has 1 aliphatic rings. The number of carbonyl (C=O) groups excluding carboxylic acids is 1. The van der Waals surface area contributed by atoms with Crippen molar-refractivity contribution in [2.75, 3.05) is 13.1 Å². The number of nitrogens with zero attached hydrogens (tertiary/aromatic N) is 2. The molecule has 2 atom stereocenters. The summed E-state index contributed by atoms with van der Waals surface area (Å²) in [5.41, 5.74) is -0.585. The molecule has 134 valence electrons. The highest BCUT2D eigenvalue weighted by Gasteiger charge is 2.39. The lowest BCUT2D eigenvalue weighted by molar-refractivity contribution is -0.144. The number of hydrogen-bond acceptors (Lipinski definition) is 4. The Morgan fingerprint density at radius 1 is 1.13 bits per heavy atom. The third-order valence-electron chi connectivity index (χ3n) is 4.04. The summed E-state index contributed by atoms with van der Waals surface area (Å²) >= 11 is 0. The van der Waals surface area contributed by atoms with Crippen molar-refractivity contribution in [1.82, 2.24) is 9.80 Å². The highest BCUT2D eigenvalue weighted by Crippen LogP contribution is 2.26. The number of carbonyl (C=O) groups is 2. The number of likely N-dealkylation sites (tertiary alicyclic amines) is 1. The minimum Gasteiger partial charge on any atom is -0.481 e. The van der Waals surface area contributed by atoms with Crippen molar-refractivity contribution in [3.05, 3.63) is 0 Å². The van der Waals surface area contributed by atoms with Crippen molar-refractivity contribution < 1.29 is 19.4 Å². The van der Waals surface area contributed by atoms with Crippen molar-refractivity contribution in [1.29, 1.82) is 0 Å². The van der Waals surface area contributed by atoms with Gasteiger partial charge in [0.1, 0.15) is 5.60 Å². The number of ether oxygens (including phenoxy) is 1. The molecule has 0 radical (unpaired) electrons. The van der Waals surface area contributed by atoms with Gasteiger partial charge < -0.3 is 14.7 Å². The van der Waals surface area contributed by atoms with Crippen LogP contribution in [-0.4, -0.2) is 63.8 Å². The summed E-state index contributed by atoms with van der Waals surface area (Å²) in [5.74, 6) is -1.41. The van der Waals surface area contributed by atoms with E-state index in [4.69, 9.17) is 4.74 Å². The smallest absolute Gasteiger partial charge is 0.410 e. The SMILES string of the molecule is CC(C)N(C(C)C)[C@@H]1C[C@H](C(=O)O)CN(C(=O)OC(C)(C)C)C1. The molecule has 0 bridgehead atoms. The molecule has 1 rings (SSSR count). The molecule has 0 aliphatic carbocycles. The van der Waals surface area contributed by atoms with E-state index in [0.717, 1.165) is 0 Å². The average molecular weight is 328 g/mol. The topological polar surface area (TPSA) is 70.1 Å². The number of aliphatic carboxylic acids is 1. The fourth-order valence-electron chi connectivity index (χ4n) is 3.38. The summed E-state index contributed by atoms with van der Waals surface area (Å²) in [6, 6.07) is 0.596. The number of piperidine rings is 1. The molecular weight excluding hydrogens is 296 g/mol. The Labute approximate surface area is 139 Å². The summed E-state index contributed by atoms with van der Waals surface area (Å²) in [7, 11) is 0. The lowest BCUT2D eigenvalue weighted by atomic mass is 9.92. The van der Waals surface area contributed by atoms with Crippen LogP contribution in [0.5, 0.6) is 0 Å². The van der Waals surface area contributed by atoms with E-state index in [2.05, 4.69) is 32.6 Å². The van der Waals surface area contributed by atoms with Crippen molar-refractivity contribution in [2.24, 2.45) is 5.92 Å². The first-order valence-corrected chi connectivity index (χ1v) is 8.40. The monoisotopic (exact) mass is 328 g/mol. The molecule has 0 saturated carbocycles. The summed E-state index contributed by atoms with van der Waals surface area (Å²) in [5, 5.41) is 9.45. The van der Waals surface area contributed by atoms with E-state index in [9.17, 15) is 14.7 Å². The van der Waals surface area contributed by atoms with Crippen LogP contribution in [0.15, 0.2) is 0 Å². The van der Waals surface area contributed by atoms with Crippen LogP contribution >= 0.6 is 0 Å². The van der Waals surface area contributed by atoms with Gasteiger partial charge in [-0.05, 0) is 54.9 Å². The van der Waals surface area contributed by atoms with Gasteiger partial charge in [0.05, 0.1) is 5.92 Å². The van der Waals surface area contributed by atoms with Crippen LogP contribution in [0.4, 0.5) is 4.79 Å². The first-order chi connectivity index (χ1) is 10.4. The highest BCUT2D eigenvalue weighted by molar-refractivity contribution is 5.73. The predicted molar refractivity (Wildman–Crippen MR) is 89.4 cm³/mol. The van der Waals surface area contributed by atoms with E-state index in [1.54, 1.807) is 4.90 Å². The van der Waals surface area contributed by atoms with E-state index in [1.165, 1.54) is 0 Å². The third kappa shape index (κ3) is 5.68. The number of rotatable bonds is 4.